The predicted octanol–water partition coefficient (Wildman–Crippen LogP) is 2.11. The largest absolute Gasteiger partial charge is 0.387 e. The van der Waals surface area contributed by atoms with E-state index < -0.39 is 0 Å². The van der Waals surface area contributed by atoms with E-state index >= 15 is 0 Å². The monoisotopic (exact) mass is 205 g/mol. The maximum Gasteiger partial charge on any atom is 0.0527 e. The van der Waals surface area contributed by atoms with Crippen molar-refractivity contribution in [1.82, 2.24) is 9.88 Å². The van der Waals surface area contributed by atoms with Crippen LogP contribution in [0.1, 0.15) is 24.8 Å². The van der Waals surface area contributed by atoms with Gasteiger partial charge in [-0.3, -0.25) is 9.88 Å². The number of pyridine rings is 1. The standard InChI is InChI=1S/C12H19N3/c1-13-12-7-11(8-14-9-12)10-15-5-3-2-4-6-15/h7-9,13H,2-6,10H2,1H3. The second-order valence-corrected chi connectivity index (χ2v) is 4.17. The van der Waals surface area contributed by atoms with Crippen LogP contribution in [0.5, 0.6) is 0 Å². The highest BCUT2D eigenvalue weighted by Crippen LogP contribution is 2.14. The number of hydrogen-bond donors (Lipinski definition) is 1. The van der Waals surface area contributed by atoms with Crippen LogP contribution in [0.2, 0.25) is 0 Å². The van der Waals surface area contributed by atoms with Gasteiger partial charge in [0.1, 0.15) is 0 Å². The summed E-state index contributed by atoms with van der Waals surface area (Å²) in [6.45, 7) is 3.52. The van der Waals surface area contributed by atoms with Crippen LogP contribution in [0.15, 0.2) is 18.5 Å². The van der Waals surface area contributed by atoms with E-state index in [2.05, 4.69) is 21.3 Å². The van der Waals surface area contributed by atoms with Gasteiger partial charge in [0, 0.05) is 26.0 Å². The summed E-state index contributed by atoms with van der Waals surface area (Å²) in [7, 11) is 1.93. The Morgan fingerprint density at radius 2 is 2.07 bits per heavy atom. The van der Waals surface area contributed by atoms with Crippen LogP contribution in [0.3, 0.4) is 0 Å². The van der Waals surface area contributed by atoms with Gasteiger partial charge in [-0.2, -0.15) is 0 Å². The van der Waals surface area contributed by atoms with Crippen molar-refractivity contribution in [3.05, 3.63) is 24.0 Å². The molecule has 0 radical (unpaired) electrons. The van der Waals surface area contributed by atoms with Gasteiger partial charge >= 0.3 is 0 Å². The minimum Gasteiger partial charge on any atom is -0.387 e. The fourth-order valence-corrected chi connectivity index (χ4v) is 2.09. The summed E-state index contributed by atoms with van der Waals surface area (Å²) in [5.74, 6) is 0. The van der Waals surface area contributed by atoms with Gasteiger partial charge in [-0.1, -0.05) is 6.42 Å². The normalized spacial score (nSPS) is 17.7. The van der Waals surface area contributed by atoms with Crippen molar-refractivity contribution in [2.75, 3.05) is 25.5 Å². The van der Waals surface area contributed by atoms with Gasteiger partial charge in [-0.15, -0.1) is 0 Å². The number of rotatable bonds is 3. The lowest BCUT2D eigenvalue weighted by Gasteiger charge is -2.26. The molecule has 3 heteroatoms. The van der Waals surface area contributed by atoms with Crippen LogP contribution in [-0.2, 0) is 6.54 Å². The van der Waals surface area contributed by atoms with E-state index in [-0.39, 0.29) is 0 Å². The highest BCUT2D eigenvalue weighted by atomic mass is 15.1. The number of piperidine rings is 1. The minimum atomic E-state index is 1.04. The van der Waals surface area contributed by atoms with Gasteiger partial charge in [-0.05, 0) is 37.6 Å². The molecule has 0 bridgehead atoms. The quantitative estimate of drug-likeness (QED) is 0.819. The molecular weight excluding hydrogens is 186 g/mol. The van der Waals surface area contributed by atoms with Crippen molar-refractivity contribution in [2.24, 2.45) is 0 Å². The summed E-state index contributed by atoms with van der Waals surface area (Å²) < 4.78 is 0. The number of anilines is 1. The third kappa shape index (κ3) is 2.93. The number of nitrogens with zero attached hydrogens (tertiary/aromatic N) is 2. The molecule has 82 valence electrons. The van der Waals surface area contributed by atoms with Crippen LogP contribution in [0.25, 0.3) is 0 Å². The zero-order valence-corrected chi connectivity index (χ0v) is 9.37. The van der Waals surface area contributed by atoms with Crippen molar-refractivity contribution in [3.8, 4) is 0 Å². The first-order chi connectivity index (χ1) is 7.38. The fraction of sp³-hybridized carbons (Fsp3) is 0.583. The fourth-order valence-electron chi connectivity index (χ4n) is 2.09. The molecule has 1 aromatic heterocycles. The maximum atomic E-state index is 4.23. The van der Waals surface area contributed by atoms with Gasteiger partial charge in [0.25, 0.3) is 0 Å². The number of aromatic nitrogens is 1. The Morgan fingerprint density at radius 1 is 1.27 bits per heavy atom. The van der Waals surface area contributed by atoms with Gasteiger partial charge in [0.05, 0.1) is 5.69 Å². The molecule has 0 aliphatic carbocycles. The van der Waals surface area contributed by atoms with Crippen LogP contribution in [-0.4, -0.2) is 30.0 Å². The highest BCUT2D eigenvalue weighted by Gasteiger charge is 2.10. The van der Waals surface area contributed by atoms with Crippen LogP contribution < -0.4 is 5.32 Å². The van der Waals surface area contributed by atoms with Gasteiger partial charge < -0.3 is 5.32 Å². The third-order valence-corrected chi connectivity index (χ3v) is 2.94. The molecule has 1 N–H and O–H groups in total. The van der Waals surface area contributed by atoms with E-state index in [0.717, 1.165) is 12.2 Å². The van der Waals surface area contributed by atoms with Crippen LogP contribution in [0.4, 0.5) is 5.69 Å². The van der Waals surface area contributed by atoms with Crippen molar-refractivity contribution >= 4 is 5.69 Å². The molecule has 0 atom stereocenters. The Morgan fingerprint density at radius 3 is 2.80 bits per heavy atom. The molecule has 0 spiro atoms. The molecule has 0 aromatic carbocycles. The Bertz CT molecular complexity index is 305. The maximum absolute atomic E-state index is 4.23. The molecular formula is C12H19N3. The zero-order chi connectivity index (χ0) is 10.5. The number of nitrogens with one attached hydrogen (secondary N) is 1. The molecule has 2 heterocycles. The topological polar surface area (TPSA) is 28.2 Å². The molecule has 0 amide bonds. The van der Waals surface area contributed by atoms with Crippen molar-refractivity contribution < 1.29 is 0 Å². The Labute approximate surface area is 91.5 Å². The number of likely N-dealkylation sites (tertiary alicyclic amines) is 1. The second kappa shape index (κ2) is 5.12. The molecule has 15 heavy (non-hydrogen) atoms. The summed E-state index contributed by atoms with van der Waals surface area (Å²) in [6, 6.07) is 2.18. The van der Waals surface area contributed by atoms with E-state index in [0.29, 0.717) is 0 Å². The Hall–Kier alpha value is -1.09. The van der Waals surface area contributed by atoms with Crippen LogP contribution in [0, 0.1) is 0 Å². The first kappa shape index (κ1) is 10.4. The van der Waals surface area contributed by atoms with E-state index in [1.807, 2.05) is 19.4 Å². The van der Waals surface area contributed by atoms with E-state index in [9.17, 15) is 0 Å². The van der Waals surface area contributed by atoms with E-state index in [1.165, 1.54) is 37.9 Å². The van der Waals surface area contributed by atoms with Crippen molar-refractivity contribution in [2.45, 2.75) is 25.8 Å². The number of hydrogen-bond acceptors (Lipinski definition) is 3. The summed E-state index contributed by atoms with van der Waals surface area (Å²) in [4.78, 5) is 6.75. The zero-order valence-electron chi connectivity index (χ0n) is 9.37. The van der Waals surface area contributed by atoms with Gasteiger partial charge in [0.15, 0.2) is 0 Å². The molecule has 1 aliphatic heterocycles. The lowest BCUT2D eigenvalue weighted by Crippen LogP contribution is -2.29. The Balaban J connectivity index is 1.96. The highest BCUT2D eigenvalue weighted by molar-refractivity contribution is 5.41. The van der Waals surface area contributed by atoms with Crippen molar-refractivity contribution in [1.29, 1.82) is 0 Å². The van der Waals surface area contributed by atoms with E-state index in [4.69, 9.17) is 0 Å². The summed E-state index contributed by atoms with van der Waals surface area (Å²) >= 11 is 0. The molecule has 2 rings (SSSR count). The lowest BCUT2D eigenvalue weighted by atomic mass is 10.1. The van der Waals surface area contributed by atoms with Gasteiger partial charge in [-0.25, -0.2) is 0 Å². The Kier molecular flexibility index (Phi) is 3.56. The van der Waals surface area contributed by atoms with Crippen LogP contribution >= 0.6 is 0 Å². The molecule has 0 unspecified atom stereocenters. The SMILES string of the molecule is CNc1cncc(CN2CCCCC2)c1. The molecule has 0 saturated carbocycles. The molecule has 1 aliphatic rings. The lowest BCUT2D eigenvalue weighted by molar-refractivity contribution is 0.220. The second-order valence-electron chi connectivity index (χ2n) is 4.17. The average Bonchev–Trinajstić information content (AvgIpc) is 2.31. The van der Waals surface area contributed by atoms with E-state index in [1.54, 1.807) is 0 Å². The first-order valence-electron chi connectivity index (χ1n) is 5.72. The summed E-state index contributed by atoms with van der Waals surface area (Å²) in [6.07, 6.45) is 7.92. The third-order valence-electron chi connectivity index (χ3n) is 2.94. The van der Waals surface area contributed by atoms with Gasteiger partial charge in [0.2, 0.25) is 0 Å². The first-order valence-corrected chi connectivity index (χ1v) is 5.72. The summed E-state index contributed by atoms with van der Waals surface area (Å²) in [5, 5.41) is 3.12. The molecule has 1 aromatic rings. The van der Waals surface area contributed by atoms with Crippen molar-refractivity contribution in [3.63, 3.8) is 0 Å². The molecule has 1 fully saturated rings. The molecule has 1 saturated heterocycles. The predicted molar refractivity (Wildman–Crippen MR) is 62.9 cm³/mol. The average molecular weight is 205 g/mol. The minimum absolute atomic E-state index is 1.04. The molecule has 3 nitrogen and oxygen atoms in total. The summed E-state index contributed by atoms with van der Waals surface area (Å²) in [5.41, 5.74) is 2.41. The smallest absolute Gasteiger partial charge is 0.0527 e.